The van der Waals surface area contributed by atoms with E-state index in [2.05, 4.69) is 5.32 Å². The third-order valence-corrected chi connectivity index (χ3v) is 5.14. The molecule has 0 aliphatic heterocycles. The zero-order valence-corrected chi connectivity index (χ0v) is 18.3. The molecule has 0 saturated heterocycles. The van der Waals surface area contributed by atoms with Crippen molar-refractivity contribution >= 4 is 40.4 Å². The van der Waals surface area contributed by atoms with Crippen LogP contribution in [0.2, 0.25) is 0 Å². The number of fused-ring (bicyclic) bond motifs is 1. The predicted molar refractivity (Wildman–Crippen MR) is 131 cm³/mol. The van der Waals surface area contributed by atoms with E-state index >= 15 is 0 Å². The molecule has 4 rings (SSSR count). The second-order valence-corrected chi connectivity index (χ2v) is 7.50. The lowest BCUT2D eigenvalue weighted by atomic mass is 10.0. The van der Waals surface area contributed by atoms with Crippen LogP contribution in [0.15, 0.2) is 96.6 Å². The van der Waals surface area contributed by atoms with E-state index in [0.29, 0.717) is 16.8 Å². The van der Waals surface area contributed by atoms with E-state index in [9.17, 15) is 19.6 Å². The maximum absolute atomic E-state index is 12.8. The molecule has 4 aromatic rings. The molecular weight excluding hydrogens is 444 g/mol. The fourth-order valence-corrected chi connectivity index (χ4v) is 3.44. The number of aromatic carboxylic acids is 1. The minimum absolute atomic E-state index is 0.0777. The number of anilines is 1. The number of hydrogen-bond donors (Lipinski definition) is 2. The van der Waals surface area contributed by atoms with Gasteiger partial charge in [-0.3, -0.25) is 4.79 Å². The lowest BCUT2D eigenvalue weighted by Crippen LogP contribution is -2.13. The quantitative estimate of drug-likeness (QED) is 0.174. The van der Waals surface area contributed by atoms with Crippen molar-refractivity contribution in [3.8, 4) is 11.8 Å². The molecule has 0 fully saturated rings. The van der Waals surface area contributed by atoms with Crippen LogP contribution in [-0.4, -0.2) is 23.0 Å². The Morgan fingerprint density at radius 3 is 2.34 bits per heavy atom. The minimum atomic E-state index is -1.08. The van der Waals surface area contributed by atoms with Gasteiger partial charge in [0.15, 0.2) is 0 Å². The van der Waals surface area contributed by atoms with Gasteiger partial charge in [0.1, 0.15) is 17.4 Å². The van der Waals surface area contributed by atoms with E-state index < -0.39 is 17.8 Å². The Morgan fingerprint density at radius 1 is 0.886 bits per heavy atom. The van der Waals surface area contributed by atoms with Gasteiger partial charge in [0.2, 0.25) is 0 Å². The van der Waals surface area contributed by atoms with Gasteiger partial charge in [0.05, 0.1) is 11.1 Å². The average molecular weight is 462 g/mol. The van der Waals surface area contributed by atoms with Crippen molar-refractivity contribution in [3.05, 3.63) is 113 Å². The third-order valence-electron chi connectivity index (χ3n) is 5.14. The summed E-state index contributed by atoms with van der Waals surface area (Å²) in [6.07, 6.45) is 1.37. The van der Waals surface area contributed by atoms with Gasteiger partial charge in [-0.2, -0.15) is 5.26 Å². The molecule has 35 heavy (non-hydrogen) atoms. The zero-order valence-electron chi connectivity index (χ0n) is 18.3. The molecule has 1 amide bonds. The summed E-state index contributed by atoms with van der Waals surface area (Å²) in [6, 6.07) is 26.8. The van der Waals surface area contributed by atoms with Gasteiger partial charge in [-0.15, -0.1) is 0 Å². The van der Waals surface area contributed by atoms with Crippen molar-refractivity contribution < 1.29 is 24.2 Å². The van der Waals surface area contributed by atoms with E-state index in [-0.39, 0.29) is 16.9 Å². The molecule has 0 radical (unpaired) electrons. The first-order valence-electron chi connectivity index (χ1n) is 10.5. The SMILES string of the molecule is N#C/C(=C\c1cccc(OC(=O)c2cccc3ccccc23)c1)C(=O)Nc1ccc(C(=O)O)cc1. The largest absolute Gasteiger partial charge is 0.478 e. The summed E-state index contributed by atoms with van der Waals surface area (Å²) in [5.41, 5.74) is 1.16. The molecule has 7 heteroatoms. The molecule has 0 spiro atoms. The van der Waals surface area contributed by atoms with E-state index in [1.165, 1.54) is 30.3 Å². The van der Waals surface area contributed by atoms with Crippen LogP contribution >= 0.6 is 0 Å². The highest BCUT2D eigenvalue weighted by Gasteiger charge is 2.14. The van der Waals surface area contributed by atoms with Gasteiger partial charge in [-0.05, 0) is 64.9 Å². The van der Waals surface area contributed by atoms with Gasteiger partial charge in [-0.1, -0.05) is 48.5 Å². The van der Waals surface area contributed by atoms with Crippen molar-refractivity contribution in [1.29, 1.82) is 5.26 Å². The standard InChI is InChI=1S/C28H18N2O5/c29-17-21(26(31)30-22-13-11-20(12-14-22)27(32)33)15-18-5-3-8-23(16-18)35-28(34)25-10-4-7-19-6-1-2-9-24(19)25/h1-16H,(H,30,31)(H,32,33)/b21-15+. The number of carboxylic acids is 1. The first-order valence-corrected chi connectivity index (χ1v) is 10.5. The van der Waals surface area contributed by atoms with Gasteiger partial charge < -0.3 is 15.2 Å². The van der Waals surface area contributed by atoms with Crippen molar-refractivity contribution in [1.82, 2.24) is 0 Å². The highest BCUT2D eigenvalue weighted by atomic mass is 16.5. The Labute approximate surface area is 200 Å². The Morgan fingerprint density at radius 2 is 1.60 bits per heavy atom. The van der Waals surface area contributed by atoms with E-state index in [0.717, 1.165) is 10.8 Å². The van der Waals surface area contributed by atoms with Crippen LogP contribution in [0.25, 0.3) is 16.8 Å². The molecule has 0 saturated carbocycles. The molecular formula is C28H18N2O5. The first-order chi connectivity index (χ1) is 16.9. The highest BCUT2D eigenvalue weighted by Crippen LogP contribution is 2.22. The number of carbonyl (C=O) groups is 3. The number of amides is 1. The number of carbonyl (C=O) groups excluding carboxylic acids is 2. The van der Waals surface area contributed by atoms with Gasteiger partial charge >= 0.3 is 11.9 Å². The smallest absolute Gasteiger partial charge is 0.344 e. The van der Waals surface area contributed by atoms with E-state index in [1.54, 1.807) is 36.4 Å². The van der Waals surface area contributed by atoms with Crippen molar-refractivity contribution in [2.45, 2.75) is 0 Å². The van der Waals surface area contributed by atoms with Crippen LogP contribution in [0.5, 0.6) is 5.75 Å². The number of nitrogens with zero attached hydrogens (tertiary/aromatic N) is 1. The summed E-state index contributed by atoms with van der Waals surface area (Å²) >= 11 is 0. The van der Waals surface area contributed by atoms with Crippen molar-refractivity contribution in [2.24, 2.45) is 0 Å². The maximum Gasteiger partial charge on any atom is 0.344 e. The van der Waals surface area contributed by atoms with Crippen LogP contribution < -0.4 is 10.1 Å². The molecule has 0 atom stereocenters. The molecule has 0 aliphatic rings. The molecule has 0 bridgehead atoms. The highest BCUT2D eigenvalue weighted by molar-refractivity contribution is 6.10. The Balaban J connectivity index is 1.51. The number of carboxylic acid groups (broad SMARTS) is 1. The van der Waals surface area contributed by atoms with Gasteiger partial charge in [-0.25, -0.2) is 9.59 Å². The number of ether oxygens (including phenoxy) is 1. The van der Waals surface area contributed by atoms with Gasteiger partial charge in [0.25, 0.3) is 5.91 Å². The van der Waals surface area contributed by atoms with Crippen LogP contribution in [-0.2, 0) is 4.79 Å². The maximum atomic E-state index is 12.8. The lowest BCUT2D eigenvalue weighted by molar-refractivity contribution is -0.112. The summed E-state index contributed by atoms with van der Waals surface area (Å²) in [6.45, 7) is 0. The number of rotatable bonds is 6. The predicted octanol–water partition coefficient (Wildman–Crippen LogP) is 5.30. The van der Waals surface area contributed by atoms with Crippen molar-refractivity contribution in [2.75, 3.05) is 5.32 Å². The molecule has 7 nitrogen and oxygen atoms in total. The molecule has 170 valence electrons. The van der Waals surface area contributed by atoms with Crippen LogP contribution in [0, 0.1) is 11.3 Å². The molecule has 4 aromatic carbocycles. The Hall–Kier alpha value is -5.22. The molecule has 2 N–H and O–H groups in total. The van der Waals surface area contributed by atoms with E-state index in [4.69, 9.17) is 9.84 Å². The van der Waals surface area contributed by atoms with Crippen LogP contribution in [0.4, 0.5) is 5.69 Å². The Kier molecular flexibility index (Phi) is 6.66. The zero-order chi connectivity index (χ0) is 24.8. The van der Waals surface area contributed by atoms with Gasteiger partial charge in [0, 0.05) is 5.69 Å². The number of nitrogens with one attached hydrogen (secondary N) is 1. The molecule has 0 heterocycles. The second kappa shape index (κ2) is 10.1. The summed E-state index contributed by atoms with van der Waals surface area (Å²) < 4.78 is 5.55. The number of benzene rings is 4. The molecule has 0 unspecified atom stereocenters. The monoisotopic (exact) mass is 462 g/mol. The first kappa shape index (κ1) is 23.0. The fourth-order valence-electron chi connectivity index (χ4n) is 3.44. The summed E-state index contributed by atoms with van der Waals surface area (Å²) in [5.74, 6) is -2.00. The molecule has 0 aromatic heterocycles. The normalized spacial score (nSPS) is 10.9. The lowest BCUT2D eigenvalue weighted by Gasteiger charge is -2.08. The fraction of sp³-hybridized carbons (Fsp3) is 0. The second-order valence-electron chi connectivity index (χ2n) is 7.50. The number of hydrogen-bond acceptors (Lipinski definition) is 5. The van der Waals surface area contributed by atoms with Crippen molar-refractivity contribution in [3.63, 3.8) is 0 Å². The number of nitriles is 1. The Bertz CT molecular complexity index is 1510. The topological polar surface area (TPSA) is 116 Å². The summed E-state index contributed by atoms with van der Waals surface area (Å²) in [7, 11) is 0. The van der Waals surface area contributed by atoms with E-state index in [1.807, 2.05) is 36.4 Å². The van der Waals surface area contributed by atoms with Crippen LogP contribution in [0.3, 0.4) is 0 Å². The average Bonchev–Trinajstić information content (AvgIpc) is 2.87. The molecule has 0 aliphatic carbocycles. The summed E-state index contributed by atoms with van der Waals surface area (Å²) in [4.78, 5) is 36.3. The number of esters is 1. The summed E-state index contributed by atoms with van der Waals surface area (Å²) in [5, 5.41) is 22.7. The van der Waals surface area contributed by atoms with Crippen LogP contribution in [0.1, 0.15) is 26.3 Å². The minimum Gasteiger partial charge on any atom is -0.478 e. The third kappa shape index (κ3) is 5.41.